The fourth-order valence-corrected chi connectivity index (χ4v) is 6.91. The van der Waals surface area contributed by atoms with E-state index in [1.165, 1.54) is 16.0 Å². The van der Waals surface area contributed by atoms with Crippen LogP contribution in [-0.2, 0) is 32.1 Å². The molecule has 1 aliphatic carbocycles. The van der Waals surface area contributed by atoms with Crippen LogP contribution in [-0.4, -0.2) is 86.3 Å². The molecule has 0 unspecified atom stereocenters. The minimum Gasteiger partial charge on any atom is -0.479 e. The number of allylic oxidation sites excluding steroid dienone is 1. The van der Waals surface area contributed by atoms with Crippen LogP contribution >= 0.6 is 12.2 Å². The Morgan fingerprint density at radius 3 is 2.60 bits per heavy atom. The molecule has 0 aromatic heterocycles. The molecule has 0 bridgehead atoms. The van der Waals surface area contributed by atoms with Crippen molar-refractivity contribution in [3.05, 3.63) is 47.5 Å². The molecule has 3 aliphatic heterocycles. The van der Waals surface area contributed by atoms with Crippen molar-refractivity contribution in [1.82, 2.24) is 25.8 Å². The number of alkyl carbamates (subject to hydrolysis) is 1. The molecule has 5 atom stereocenters. The number of ether oxygens (including phenoxy) is 1. The molecular weight excluding hydrogens is 594 g/mol. The van der Waals surface area contributed by atoms with E-state index in [0.29, 0.717) is 30.9 Å². The van der Waals surface area contributed by atoms with E-state index in [-0.39, 0.29) is 24.9 Å². The number of carboxylic acids is 1. The van der Waals surface area contributed by atoms with Gasteiger partial charge in [0.25, 0.3) is 0 Å². The van der Waals surface area contributed by atoms with E-state index in [1.54, 1.807) is 20.8 Å². The molecule has 0 spiro atoms. The van der Waals surface area contributed by atoms with Gasteiger partial charge < -0.3 is 35.6 Å². The first-order valence-corrected chi connectivity index (χ1v) is 16.4. The lowest BCUT2D eigenvalue weighted by molar-refractivity contribution is -0.145. The zero-order valence-corrected chi connectivity index (χ0v) is 27.2. The number of hydrogen-bond acceptors (Lipinski definition) is 6. The number of aliphatic carboxylic acids is 1. The van der Waals surface area contributed by atoms with E-state index in [1.807, 2.05) is 24.3 Å². The fraction of sp³-hybridized carbons (Fsp3) is 0.606. The molecule has 3 amide bonds. The minimum absolute atomic E-state index is 0.178. The molecule has 3 heterocycles. The zero-order valence-electron chi connectivity index (χ0n) is 26.3. The van der Waals surface area contributed by atoms with Crippen molar-refractivity contribution in [2.45, 2.75) is 108 Å². The van der Waals surface area contributed by atoms with Crippen molar-refractivity contribution in [2.24, 2.45) is 5.92 Å². The highest BCUT2D eigenvalue weighted by molar-refractivity contribution is 7.80. The first kappa shape index (κ1) is 32.7. The van der Waals surface area contributed by atoms with E-state index < -0.39 is 47.1 Å². The van der Waals surface area contributed by atoms with Gasteiger partial charge >= 0.3 is 12.1 Å². The molecule has 1 saturated heterocycles. The third-order valence-corrected chi connectivity index (χ3v) is 9.47. The number of carbonyl (C=O) groups excluding carboxylic acids is 3. The zero-order chi connectivity index (χ0) is 32.4. The standard InChI is InChI=1S/C33H45N5O6S/c1-32(2,3)44-31(43)35-25-14-8-6-4-5-7-13-23-18-33(23,29(41)42)36-27(39)26-17-24(20-38(26)28(25)40)34-30(45)37-16-15-21-11-9-10-12-22(21)19-37/h7,9-13,23-26H,4-6,8,14-20H2,1-3H3,(H,34,45)(H,35,43)(H,36,39)(H,41,42)/b13-7+/t23-,24-,25+,26+,33-/m1/s1. The van der Waals surface area contributed by atoms with Crippen molar-refractivity contribution in [2.75, 3.05) is 13.1 Å². The second-order valence-electron chi connectivity index (χ2n) is 13.7. The number of rotatable bonds is 3. The van der Waals surface area contributed by atoms with Gasteiger partial charge in [-0.3, -0.25) is 9.59 Å². The van der Waals surface area contributed by atoms with E-state index >= 15 is 0 Å². The topological polar surface area (TPSA) is 140 Å². The van der Waals surface area contributed by atoms with Crippen molar-refractivity contribution in [1.29, 1.82) is 0 Å². The maximum absolute atomic E-state index is 14.2. The lowest BCUT2D eigenvalue weighted by Gasteiger charge is -2.32. The van der Waals surface area contributed by atoms with Crippen LogP contribution in [0.1, 0.15) is 76.8 Å². The summed E-state index contributed by atoms with van der Waals surface area (Å²) in [5.74, 6) is -2.31. The lowest BCUT2D eigenvalue weighted by atomic mass is 10.0. The average Bonchev–Trinajstić information content (AvgIpc) is 3.51. The quantitative estimate of drug-likeness (QED) is 0.290. The third kappa shape index (κ3) is 7.77. The summed E-state index contributed by atoms with van der Waals surface area (Å²) in [5.41, 5.74) is 0.374. The molecule has 244 valence electrons. The average molecular weight is 640 g/mol. The molecule has 4 N–H and O–H groups in total. The van der Waals surface area contributed by atoms with Gasteiger partial charge in [-0.1, -0.05) is 49.3 Å². The Morgan fingerprint density at radius 2 is 1.87 bits per heavy atom. The molecule has 1 saturated carbocycles. The van der Waals surface area contributed by atoms with Crippen molar-refractivity contribution in [3.8, 4) is 0 Å². The number of amides is 3. The molecule has 12 heteroatoms. The predicted octanol–water partition coefficient (Wildman–Crippen LogP) is 3.26. The normalized spacial score (nSPS) is 29.5. The van der Waals surface area contributed by atoms with Crippen molar-refractivity contribution < 1.29 is 29.0 Å². The Hall–Kier alpha value is -3.67. The lowest BCUT2D eigenvalue weighted by Crippen LogP contribution is -2.56. The first-order chi connectivity index (χ1) is 21.4. The van der Waals surface area contributed by atoms with Gasteiger partial charge in [-0.05, 0) is 82.6 Å². The fourth-order valence-electron chi connectivity index (χ4n) is 6.59. The predicted molar refractivity (Wildman–Crippen MR) is 172 cm³/mol. The van der Waals surface area contributed by atoms with Gasteiger partial charge in [-0.25, -0.2) is 9.59 Å². The third-order valence-electron chi connectivity index (χ3n) is 9.10. The molecule has 1 aromatic carbocycles. The summed E-state index contributed by atoms with van der Waals surface area (Å²) < 4.78 is 5.46. The van der Waals surface area contributed by atoms with Crippen LogP contribution in [0.15, 0.2) is 36.4 Å². The Bertz CT molecular complexity index is 1360. The summed E-state index contributed by atoms with van der Waals surface area (Å²) in [6.45, 7) is 6.85. The number of carbonyl (C=O) groups is 4. The Morgan fingerprint density at radius 1 is 1.11 bits per heavy atom. The van der Waals surface area contributed by atoms with E-state index in [4.69, 9.17) is 17.0 Å². The minimum atomic E-state index is -1.39. The number of hydrogen-bond donors (Lipinski definition) is 4. The maximum atomic E-state index is 14.2. The summed E-state index contributed by atoms with van der Waals surface area (Å²) in [6.07, 6.45) is 8.11. The number of carboxylic acid groups (broad SMARTS) is 1. The van der Waals surface area contributed by atoms with Gasteiger partial charge in [0.05, 0.1) is 0 Å². The highest BCUT2D eigenvalue weighted by Gasteiger charge is 2.61. The molecule has 11 nitrogen and oxygen atoms in total. The molecule has 4 aliphatic rings. The smallest absolute Gasteiger partial charge is 0.408 e. The molecule has 45 heavy (non-hydrogen) atoms. The van der Waals surface area contributed by atoms with E-state index in [0.717, 1.165) is 32.2 Å². The van der Waals surface area contributed by atoms with Gasteiger partial charge in [0.2, 0.25) is 11.8 Å². The number of thiocarbonyl (C=S) groups is 1. The van der Waals surface area contributed by atoms with Crippen LogP contribution in [0.25, 0.3) is 0 Å². The highest BCUT2D eigenvalue weighted by Crippen LogP contribution is 2.45. The Labute approximate surface area is 270 Å². The SMILES string of the molecule is CC(C)(C)OC(=O)N[C@H]1CCCCC/C=C/[C@@H]2C[C@@]2(C(=O)O)NC(=O)[C@@H]2C[C@@H](NC(=S)N3CCc4ccccc4C3)CN2C1=O. The van der Waals surface area contributed by atoms with Gasteiger partial charge in [0.1, 0.15) is 23.2 Å². The maximum Gasteiger partial charge on any atom is 0.408 e. The monoisotopic (exact) mass is 639 g/mol. The first-order valence-electron chi connectivity index (χ1n) is 16.0. The summed E-state index contributed by atoms with van der Waals surface area (Å²) in [6, 6.07) is 6.09. The van der Waals surface area contributed by atoms with Gasteiger partial charge in [0, 0.05) is 31.6 Å². The summed E-state index contributed by atoms with van der Waals surface area (Å²) in [4.78, 5) is 56.7. The van der Waals surface area contributed by atoms with Crippen LogP contribution in [0, 0.1) is 5.92 Å². The summed E-state index contributed by atoms with van der Waals surface area (Å²) in [7, 11) is 0. The number of nitrogens with zero attached hydrogens (tertiary/aromatic N) is 2. The molecule has 1 aromatic rings. The molecule has 5 rings (SSSR count). The van der Waals surface area contributed by atoms with Crippen LogP contribution in [0.4, 0.5) is 4.79 Å². The van der Waals surface area contributed by atoms with Gasteiger partial charge in [0.15, 0.2) is 5.11 Å². The molecule has 2 fully saturated rings. The largest absolute Gasteiger partial charge is 0.479 e. The Balaban J connectivity index is 1.36. The van der Waals surface area contributed by atoms with Crippen molar-refractivity contribution >= 4 is 41.2 Å². The van der Waals surface area contributed by atoms with Crippen molar-refractivity contribution in [3.63, 3.8) is 0 Å². The van der Waals surface area contributed by atoms with E-state index in [9.17, 15) is 24.3 Å². The second kappa shape index (κ2) is 13.4. The molecule has 0 radical (unpaired) electrons. The summed E-state index contributed by atoms with van der Waals surface area (Å²) in [5, 5.41) is 19.6. The Kier molecular flexibility index (Phi) is 9.71. The van der Waals surface area contributed by atoms with Crippen LogP contribution in [0.2, 0.25) is 0 Å². The number of nitrogens with one attached hydrogen (secondary N) is 3. The van der Waals surface area contributed by atoms with Crippen LogP contribution in [0.3, 0.4) is 0 Å². The van der Waals surface area contributed by atoms with Gasteiger partial charge in [-0.2, -0.15) is 0 Å². The van der Waals surface area contributed by atoms with Crippen LogP contribution in [0.5, 0.6) is 0 Å². The molecular formula is C33H45N5O6S. The second-order valence-corrected chi connectivity index (χ2v) is 14.1. The summed E-state index contributed by atoms with van der Waals surface area (Å²) >= 11 is 5.80. The van der Waals surface area contributed by atoms with Crippen LogP contribution < -0.4 is 16.0 Å². The van der Waals surface area contributed by atoms with E-state index in [2.05, 4.69) is 33.0 Å². The number of fused-ring (bicyclic) bond motifs is 3. The van der Waals surface area contributed by atoms with Gasteiger partial charge in [-0.15, -0.1) is 0 Å². The number of benzene rings is 1. The highest BCUT2D eigenvalue weighted by atomic mass is 32.1.